The lowest BCUT2D eigenvalue weighted by molar-refractivity contribution is 0.157. The molecule has 2 heterocycles. The van der Waals surface area contributed by atoms with E-state index < -0.39 is 0 Å². The number of halogens is 1. The van der Waals surface area contributed by atoms with Gasteiger partial charge in [0.1, 0.15) is 0 Å². The number of rotatable bonds is 6. The topological polar surface area (TPSA) is 53.0 Å². The lowest BCUT2D eigenvalue weighted by atomic mass is 10.1. The molecule has 1 atom stereocenters. The largest absolute Gasteiger partial charge is 0.384 e. The van der Waals surface area contributed by atoms with E-state index in [4.69, 9.17) is 9.73 Å². The van der Waals surface area contributed by atoms with Gasteiger partial charge in [0.05, 0.1) is 18.8 Å². The number of anilines is 1. The van der Waals surface area contributed by atoms with Crippen LogP contribution in [0.1, 0.15) is 19.0 Å². The van der Waals surface area contributed by atoms with Crippen LogP contribution < -0.4 is 10.2 Å². The van der Waals surface area contributed by atoms with Crippen LogP contribution in [0.3, 0.4) is 0 Å². The summed E-state index contributed by atoms with van der Waals surface area (Å²) in [6, 6.07) is 0. The van der Waals surface area contributed by atoms with E-state index in [-0.39, 0.29) is 24.0 Å². The second-order valence-corrected chi connectivity index (χ2v) is 6.58. The maximum Gasteiger partial charge on any atom is 0.194 e. The number of likely N-dealkylation sites (tertiary alicyclic amines) is 1. The highest BCUT2D eigenvalue weighted by molar-refractivity contribution is 14.0. The first-order valence-corrected chi connectivity index (χ1v) is 8.66. The lowest BCUT2D eigenvalue weighted by Crippen LogP contribution is -2.40. The maximum atomic E-state index is 5.27. The Bertz CT molecular complexity index is 494. The zero-order valence-corrected chi connectivity index (χ0v) is 17.6. The zero-order chi connectivity index (χ0) is 15.9. The van der Waals surface area contributed by atoms with Crippen LogP contribution in [-0.2, 0) is 11.3 Å². The van der Waals surface area contributed by atoms with E-state index in [0.29, 0.717) is 12.5 Å². The molecule has 1 aromatic heterocycles. The van der Waals surface area contributed by atoms with Gasteiger partial charge in [-0.3, -0.25) is 0 Å². The first kappa shape index (κ1) is 20.4. The highest BCUT2D eigenvalue weighted by Crippen LogP contribution is 2.19. The highest BCUT2D eigenvalue weighted by Gasteiger charge is 2.24. The van der Waals surface area contributed by atoms with E-state index in [0.717, 1.165) is 43.0 Å². The van der Waals surface area contributed by atoms with Gasteiger partial charge in [0.25, 0.3) is 0 Å². The predicted octanol–water partition coefficient (Wildman–Crippen LogP) is 2.26. The van der Waals surface area contributed by atoms with Gasteiger partial charge in [0.2, 0.25) is 0 Å². The molecule has 0 spiro atoms. The van der Waals surface area contributed by atoms with Gasteiger partial charge in [-0.05, 0) is 13.3 Å². The van der Waals surface area contributed by atoms with E-state index in [2.05, 4.69) is 27.5 Å². The number of methoxy groups -OCH3 is 1. The van der Waals surface area contributed by atoms with Crippen LogP contribution >= 0.6 is 35.3 Å². The van der Waals surface area contributed by atoms with Crippen molar-refractivity contribution >= 4 is 46.4 Å². The zero-order valence-electron chi connectivity index (χ0n) is 14.4. The molecule has 0 aromatic carbocycles. The first-order chi connectivity index (χ1) is 10.6. The molecule has 1 unspecified atom stereocenters. The Balaban J connectivity index is 0.00000264. The first-order valence-electron chi connectivity index (χ1n) is 7.78. The molecule has 0 bridgehead atoms. The molecule has 0 amide bonds. The van der Waals surface area contributed by atoms with Crippen molar-refractivity contribution in [3.8, 4) is 0 Å². The summed E-state index contributed by atoms with van der Waals surface area (Å²) in [5.41, 5.74) is 1.02. The van der Waals surface area contributed by atoms with Gasteiger partial charge in [-0.15, -0.1) is 35.3 Å². The van der Waals surface area contributed by atoms with Crippen LogP contribution in [0.15, 0.2) is 10.4 Å². The minimum Gasteiger partial charge on any atom is -0.384 e. The van der Waals surface area contributed by atoms with Crippen molar-refractivity contribution in [1.82, 2.24) is 15.2 Å². The van der Waals surface area contributed by atoms with Gasteiger partial charge in [-0.25, -0.2) is 9.98 Å². The van der Waals surface area contributed by atoms with Crippen LogP contribution in [0.4, 0.5) is 5.13 Å². The Morgan fingerprint density at radius 2 is 2.35 bits per heavy atom. The summed E-state index contributed by atoms with van der Waals surface area (Å²) in [6.07, 6.45) is 1.17. The molecule has 8 heteroatoms. The smallest absolute Gasteiger partial charge is 0.194 e. The number of aliphatic imine (C=N–C) groups is 1. The van der Waals surface area contributed by atoms with Crippen LogP contribution in [0.2, 0.25) is 0 Å². The summed E-state index contributed by atoms with van der Waals surface area (Å²) in [7, 11) is 5.79. The molecule has 1 N–H and O–H groups in total. The SMILES string of the molecule is CCNC(=NCc1csc(N(C)C)n1)N1CCC(COC)C1.I. The molecule has 0 saturated carbocycles. The number of hydrogen-bond acceptors (Lipinski definition) is 5. The molecule has 6 nitrogen and oxygen atoms in total. The highest BCUT2D eigenvalue weighted by atomic mass is 127. The molecule has 0 aliphatic carbocycles. The van der Waals surface area contributed by atoms with Gasteiger partial charge >= 0.3 is 0 Å². The molecule has 1 aliphatic rings. The molecule has 1 saturated heterocycles. The number of ether oxygens (including phenoxy) is 1. The quantitative estimate of drug-likeness (QED) is 0.407. The van der Waals surface area contributed by atoms with Gasteiger partial charge in [-0.1, -0.05) is 0 Å². The van der Waals surface area contributed by atoms with Crippen LogP contribution in [0.5, 0.6) is 0 Å². The number of guanidine groups is 1. The van der Waals surface area contributed by atoms with Crippen molar-refractivity contribution < 1.29 is 4.74 Å². The molecule has 0 radical (unpaired) electrons. The van der Waals surface area contributed by atoms with Crippen LogP contribution in [0.25, 0.3) is 0 Å². The van der Waals surface area contributed by atoms with Gasteiger partial charge in [0.15, 0.2) is 11.1 Å². The molecule has 2 rings (SSSR count). The van der Waals surface area contributed by atoms with Gasteiger partial charge < -0.3 is 19.9 Å². The second kappa shape index (κ2) is 10.3. The van der Waals surface area contributed by atoms with Crippen molar-refractivity contribution in [3.05, 3.63) is 11.1 Å². The molecule has 1 aliphatic heterocycles. The van der Waals surface area contributed by atoms with E-state index in [9.17, 15) is 0 Å². The van der Waals surface area contributed by atoms with Crippen molar-refractivity contribution in [3.63, 3.8) is 0 Å². The molecule has 23 heavy (non-hydrogen) atoms. The summed E-state index contributed by atoms with van der Waals surface area (Å²) >= 11 is 1.66. The normalized spacial score (nSPS) is 18.0. The number of aromatic nitrogens is 1. The summed E-state index contributed by atoms with van der Waals surface area (Å²) in [5, 5.41) is 6.50. The fourth-order valence-electron chi connectivity index (χ4n) is 2.55. The fraction of sp³-hybridized carbons (Fsp3) is 0.733. The minimum absolute atomic E-state index is 0. The summed E-state index contributed by atoms with van der Waals surface area (Å²) < 4.78 is 5.27. The molecular weight excluding hydrogens is 425 g/mol. The third-order valence-electron chi connectivity index (χ3n) is 3.64. The van der Waals surface area contributed by atoms with Crippen molar-refractivity contribution in [2.24, 2.45) is 10.9 Å². The average Bonchev–Trinajstić information content (AvgIpc) is 3.13. The molecule has 1 aromatic rings. The third-order valence-corrected chi connectivity index (χ3v) is 4.69. The lowest BCUT2D eigenvalue weighted by Gasteiger charge is -2.21. The number of hydrogen-bond donors (Lipinski definition) is 1. The van der Waals surface area contributed by atoms with Crippen molar-refractivity contribution in [2.75, 3.05) is 52.3 Å². The summed E-state index contributed by atoms with van der Waals surface area (Å²) in [5.74, 6) is 1.59. The Morgan fingerprint density at radius 3 is 2.96 bits per heavy atom. The molecular formula is C15H28IN5OS. The maximum absolute atomic E-state index is 5.27. The van der Waals surface area contributed by atoms with Crippen molar-refractivity contribution in [1.29, 1.82) is 0 Å². The Morgan fingerprint density at radius 1 is 1.57 bits per heavy atom. The molecule has 132 valence electrons. The standard InChI is InChI=1S/C15H27N5OS.HI/c1-5-16-14(20-7-6-12(9-20)10-21-4)17-8-13-11-22-15(18-13)19(2)3;/h11-12H,5-10H2,1-4H3,(H,16,17);1H. The Hall–Kier alpha value is -0.610. The number of thiazole rings is 1. The van der Waals surface area contributed by atoms with Gasteiger partial charge in [0, 0.05) is 52.1 Å². The summed E-state index contributed by atoms with van der Waals surface area (Å²) in [6.45, 7) is 6.49. The second-order valence-electron chi connectivity index (χ2n) is 5.74. The Labute approximate surface area is 160 Å². The number of nitrogens with zero attached hydrogens (tertiary/aromatic N) is 4. The van der Waals surface area contributed by atoms with E-state index in [1.54, 1.807) is 18.4 Å². The summed E-state index contributed by atoms with van der Waals surface area (Å²) in [4.78, 5) is 13.7. The van der Waals surface area contributed by atoms with Crippen molar-refractivity contribution in [2.45, 2.75) is 19.9 Å². The molecule has 1 fully saturated rings. The van der Waals surface area contributed by atoms with E-state index in [1.807, 2.05) is 19.0 Å². The van der Waals surface area contributed by atoms with E-state index in [1.165, 1.54) is 6.42 Å². The van der Waals surface area contributed by atoms with E-state index >= 15 is 0 Å². The minimum atomic E-state index is 0. The third kappa shape index (κ3) is 6.07. The van der Waals surface area contributed by atoms with Gasteiger partial charge in [-0.2, -0.15) is 0 Å². The Kier molecular flexibility index (Phi) is 9.15. The fourth-order valence-corrected chi connectivity index (χ4v) is 3.30. The predicted molar refractivity (Wildman–Crippen MR) is 108 cm³/mol. The average molecular weight is 453 g/mol. The van der Waals surface area contributed by atoms with Crippen LogP contribution in [0, 0.1) is 5.92 Å². The van der Waals surface area contributed by atoms with Crippen LogP contribution in [-0.4, -0.2) is 63.3 Å². The number of nitrogens with one attached hydrogen (secondary N) is 1. The monoisotopic (exact) mass is 453 g/mol.